The number of hydrogen-bond donors (Lipinski definition) is 0. The number of allylic oxidation sites excluding steroid dienone is 2. The molecular weight excluding hydrogens is 219 g/mol. The molecule has 0 aliphatic heterocycles. The Labute approximate surface area is 93.3 Å². The zero-order valence-electron chi connectivity index (χ0n) is 7.63. The minimum absolute atomic E-state index is 0.381. The average Bonchev–Trinajstić information content (AvgIpc) is 2.17. The first-order valence-corrected chi connectivity index (χ1v) is 4.87. The normalized spacial score (nSPS) is 9.86. The van der Waals surface area contributed by atoms with Crippen LogP contribution < -0.4 is 0 Å². The summed E-state index contributed by atoms with van der Waals surface area (Å²) in [5.41, 5.74) is 1.75. The van der Waals surface area contributed by atoms with E-state index >= 15 is 0 Å². The molecule has 0 amide bonds. The second-order valence-corrected chi connectivity index (χ2v) is 3.44. The maximum Gasteiger partial charge on any atom is 0.155 e. The molecule has 1 heterocycles. The van der Waals surface area contributed by atoms with Crippen molar-refractivity contribution in [3.63, 3.8) is 0 Å². The fourth-order valence-corrected chi connectivity index (χ4v) is 1.62. The molecule has 0 bridgehead atoms. The zero-order valence-corrected chi connectivity index (χ0v) is 9.15. The summed E-state index contributed by atoms with van der Waals surface area (Å²) in [6.07, 6.45) is 4.78. The molecule has 0 atom stereocenters. The van der Waals surface area contributed by atoms with E-state index in [1.807, 2.05) is 0 Å². The van der Waals surface area contributed by atoms with Crippen molar-refractivity contribution >= 4 is 23.2 Å². The minimum Gasteiger partial charge on any atom is -0.137 e. The fourth-order valence-electron chi connectivity index (χ4n) is 1.16. The van der Waals surface area contributed by atoms with E-state index < -0.39 is 0 Å². The highest BCUT2D eigenvalue weighted by molar-refractivity contribution is 6.32. The summed E-state index contributed by atoms with van der Waals surface area (Å²) in [5.74, 6) is 0. The van der Waals surface area contributed by atoms with Crippen LogP contribution in [0.2, 0.25) is 10.3 Å². The zero-order chi connectivity index (χ0) is 10.6. The van der Waals surface area contributed by atoms with Gasteiger partial charge < -0.3 is 0 Å². The third-order valence-electron chi connectivity index (χ3n) is 1.78. The van der Waals surface area contributed by atoms with Crippen LogP contribution in [0.4, 0.5) is 0 Å². The Morgan fingerprint density at radius 2 is 1.29 bits per heavy atom. The maximum absolute atomic E-state index is 5.90. The second-order valence-electron chi connectivity index (χ2n) is 2.72. The predicted octanol–water partition coefficient (Wildman–Crippen LogP) is 3.24. The van der Waals surface area contributed by atoms with E-state index in [1.165, 1.54) is 0 Å². The van der Waals surface area contributed by atoms with E-state index in [-0.39, 0.29) is 0 Å². The van der Waals surface area contributed by atoms with Crippen LogP contribution in [0, 0.1) is 0 Å². The molecule has 0 saturated carbocycles. The van der Waals surface area contributed by atoms with Crippen molar-refractivity contribution in [2.45, 2.75) is 12.8 Å². The summed E-state index contributed by atoms with van der Waals surface area (Å²) in [6, 6.07) is 0. The van der Waals surface area contributed by atoms with Gasteiger partial charge in [0.1, 0.15) is 0 Å². The molecule has 0 aliphatic rings. The number of hydrogen-bond acceptors (Lipinski definition) is 2. The van der Waals surface area contributed by atoms with Crippen LogP contribution in [0.25, 0.3) is 0 Å². The van der Waals surface area contributed by atoms with Crippen molar-refractivity contribution in [2.75, 3.05) is 0 Å². The third kappa shape index (κ3) is 2.34. The number of rotatable bonds is 4. The Morgan fingerprint density at radius 1 is 0.929 bits per heavy atom. The van der Waals surface area contributed by atoms with Gasteiger partial charge in [-0.2, -0.15) is 0 Å². The summed E-state index contributed by atoms with van der Waals surface area (Å²) in [6.45, 7) is 7.30. The van der Waals surface area contributed by atoms with Gasteiger partial charge in [0.15, 0.2) is 10.3 Å². The van der Waals surface area contributed by atoms with Crippen LogP contribution in [0.3, 0.4) is 0 Å². The SMILES string of the molecule is C=CCc1c(Cl)nnc(Cl)c1CC=C. The Morgan fingerprint density at radius 3 is 1.57 bits per heavy atom. The van der Waals surface area contributed by atoms with Gasteiger partial charge in [-0.15, -0.1) is 23.4 Å². The van der Waals surface area contributed by atoms with E-state index in [1.54, 1.807) is 12.2 Å². The van der Waals surface area contributed by atoms with Crippen LogP contribution in [0.5, 0.6) is 0 Å². The molecule has 2 nitrogen and oxygen atoms in total. The van der Waals surface area contributed by atoms with E-state index in [2.05, 4.69) is 23.4 Å². The van der Waals surface area contributed by atoms with Gasteiger partial charge in [-0.3, -0.25) is 0 Å². The van der Waals surface area contributed by atoms with E-state index in [0.717, 1.165) is 11.1 Å². The van der Waals surface area contributed by atoms with Crippen molar-refractivity contribution in [3.8, 4) is 0 Å². The third-order valence-corrected chi connectivity index (χ3v) is 2.39. The lowest BCUT2D eigenvalue weighted by atomic mass is 10.1. The predicted molar refractivity (Wildman–Crippen MR) is 59.9 cm³/mol. The topological polar surface area (TPSA) is 25.8 Å². The molecular formula is C10H10Cl2N2. The summed E-state index contributed by atoms with van der Waals surface area (Å²) in [5, 5.41) is 8.24. The summed E-state index contributed by atoms with van der Waals surface area (Å²) >= 11 is 11.8. The van der Waals surface area contributed by atoms with Crippen LogP contribution in [-0.2, 0) is 12.8 Å². The molecule has 14 heavy (non-hydrogen) atoms. The largest absolute Gasteiger partial charge is 0.155 e. The minimum atomic E-state index is 0.381. The molecule has 0 saturated heterocycles. The summed E-state index contributed by atoms with van der Waals surface area (Å²) < 4.78 is 0. The first-order chi connectivity index (χ1) is 6.70. The van der Waals surface area contributed by atoms with Crippen LogP contribution >= 0.6 is 23.2 Å². The van der Waals surface area contributed by atoms with Gasteiger partial charge in [0, 0.05) is 11.1 Å². The van der Waals surface area contributed by atoms with Crippen LogP contribution in [0.1, 0.15) is 11.1 Å². The van der Waals surface area contributed by atoms with Gasteiger partial charge in [0.2, 0.25) is 0 Å². The highest BCUT2D eigenvalue weighted by Crippen LogP contribution is 2.24. The average molecular weight is 229 g/mol. The molecule has 0 aliphatic carbocycles. The lowest BCUT2D eigenvalue weighted by Crippen LogP contribution is -1.99. The Bertz CT molecular complexity index is 326. The van der Waals surface area contributed by atoms with E-state index in [4.69, 9.17) is 23.2 Å². The van der Waals surface area contributed by atoms with Crippen molar-refractivity contribution in [3.05, 3.63) is 46.7 Å². The fraction of sp³-hybridized carbons (Fsp3) is 0.200. The van der Waals surface area contributed by atoms with Gasteiger partial charge in [-0.25, -0.2) is 0 Å². The standard InChI is InChI=1S/C10H10Cl2N2/c1-3-5-7-8(6-4-2)10(12)14-13-9(7)11/h3-4H,1-2,5-6H2. The molecule has 0 unspecified atom stereocenters. The molecule has 0 N–H and O–H groups in total. The highest BCUT2D eigenvalue weighted by Gasteiger charge is 2.11. The summed E-state index contributed by atoms with van der Waals surface area (Å²) in [7, 11) is 0. The molecule has 1 aromatic heterocycles. The van der Waals surface area contributed by atoms with Crippen LogP contribution in [-0.4, -0.2) is 10.2 Å². The van der Waals surface area contributed by atoms with E-state index in [9.17, 15) is 0 Å². The Hall–Kier alpha value is -0.860. The maximum atomic E-state index is 5.90. The second kappa shape index (κ2) is 5.13. The van der Waals surface area contributed by atoms with Crippen LogP contribution in [0.15, 0.2) is 25.3 Å². The number of nitrogens with zero attached hydrogens (tertiary/aromatic N) is 2. The van der Waals surface area contributed by atoms with Gasteiger partial charge in [0.25, 0.3) is 0 Å². The van der Waals surface area contributed by atoms with Crippen molar-refractivity contribution in [1.29, 1.82) is 0 Å². The first-order valence-electron chi connectivity index (χ1n) is 4.12. The number of aromatic nitrogens is 2. The molecule has 0 fully saturated rings. The lowest BCUT2D eigenvalue weighted by molar-refractivity contribution is 0.965. The molecule has 0 aromatic carbocycles. The molecule has 0 spiro atoms. The van der Waals surface area contributed by atoms with E-state index in [0.29, 0.717) is 23.1 Å². The van der Waals surface area contributed by atoms with Crippen molar-refractivity contribution in [2.24, 2.45) is 0 Å². The molecule has 1 aromatic rings. The molecule has 74 valence electrons. The van der Waals surface area contributed by atoms with Gasteiger partial charge in [-0.05, 0) is 12.8 Å². The first kappa shape index (κ1) is 11.2. The Balaban J connectivity index is 3.24. The quantitative estimate of drug-likeness (QED) is 0.740. The van der Waals surface area contributed by atoms with Crippen molar-refractivity contribution < 1.29 is 0 Å². The van der Waals surface area contributed by atoms with Gasteiger partial charge >= 0.3 is 0 Å². The number of halogens is 2. The van der Waals surface area contributed by atoms with Gasteiger partial charge in [-0.1, -0.05) is 35.4 Å². The lowest BCUT2D eigenvalue weighted by Gasteiger charge is -2.07. The van der Waals surface area contributed by atoms with Gasteiger partial charge in [0.05, 0.1) is 0 Å². The molecule has 1 rings (SSSR count). The molecule has 0 radical (unpaired) electrons. The molecule has 4 heteroatoms. The smallest absolute Gasteiger partial charge is 0.137 e. The Kier molecular flexibility index (Phi) is 4.11. The van der Waals surface area contributed by atoms with Crippen molar-refractivity contribution in [1.82, 2.24) is 10.2 Å². The monoisotopic (exact) mass is 228 g/mol. The summed E-state index contributed by atoms with van der Waals surface area (Å²) in [4.78, 5) is 0. The highest BCUT2D eigenvalue weighted by atomic mass is 35.5.